The molecular weight excluding hydrogens is 706 g/mol. The van der Waals surface area contributed by atoms with E-state index in [9.17, 15) is 18.0 Å². The van der Waals surface area contributed by atoms with Crippen molar-refractivity contribution in [2.45, 2.75) is 63.8 Å². The zero-order valence-corrected chi connectivity index (χ0v) is 31.7. The lowest BCUT2D eigenvalue weighted by Gasteiger charge is -2.43. The van der Waals surface area contributed by atoms with Crippen molar-refractivity contribution in [3.05, 3.63) is 78.8 Å². The molecule has 0 spiro atoms. The van der Waals surface area contributed by atoms with Crippen LogP contribution >= 0.6 is 0 Å². The van der Waals surface area contributed by atoms with E-state index >= 15 is 0 Å². The molecule has 5 rings (SSSR count). The number of hydrogen-bond donors (Lipinski definition) is 1. The van der Waals surface area contributed by atoms with Crippen LogP contribution in [0.25, 0.3) is 11.0 Å². The molecule has 3 atom stereocenters. The van der Waals surface area contributed by atoms with Crippen LogP contribution < -0.4 is 15.7 Å². The number of nitrogens with zero attached hydrogens (tertiary/aromatic N) is 5. The average molecular weight is 751 g/mol. The minimum atomic E-state index is -5.02. The van der Waals surface area contributed by atoms with E-state index in [2.05, 4.69) is 71.8 Å². The summed E-state index contributed by atoms with van der Waals surface area (Å²) < 4.78 is 65.9. The molecule has 3 heterocycles. The van der Waals surface area contributed by atoms with Gasteiger partial charge in [-0.05, 0) is 22.3 Å². The fraction of sp³-hybridized carbons (Fsp3) is 0.421. The molecule has 1 amide bonds. The number of fused-ring (bicyclic) bond motifs is 1. The van der Waals surface area contributed by atoms with Crippen LogP contribution in [0.3, 0.4) is 0 Å². The zero-order valence-electron chi connectivity index (χ0n) is 30.7. The van der Waals surface area contributed by atoms with Crippen LogP contribution in [-0.4, -0.2) is 99.0 Å². The highest BCUT2D eigenvalue weighted by Gasteiger charge is 2.51. The first-order valence-corrected chi connectivity index (χ1v) is 19.2. The second-order valence-corrected chi connectivity index (χ2v) is 18.0. The van der Waals surface area contributed by atoms with E-state index in [1.54, 1.807) is 36.8 Å². The Morgan fingerprint density at radius 2 is 1.75 bits per heavy atom. The third kappa shape index (κ3) is 9.14. The SMILES string of the molecule is CCOCOC1C[C@H](n2cc(C#CCNC(=O)C(F)(F)F)c3c(N=CN(C)C)ncnc32)O[C@@H]1CO[Si](c1ccccc1)(c1ccccc1)C(C)(C)C. The molecule has 0 saturated carbocycles. The number of nitrogens with one attached hydrogen (secondary N) is 1. The van der Waals surface area contributed by atoms with E-state index in [1.807, 2.05) is 47.9 Å². The van der Waals surface area contributed by atoms with Crippen molar-refractivity contribution < 1.29 is 36.6 Å². The molecule has 1 fully saturated rings. The summed E-state index contributed by atoms with van der Waals surface area (Å²) in [4.78, 5) is 26.5. The molecule has 282 valence electrons. The van der Waals surface area contributed by atoms with Crippen LogP contribution in [0.2, 0.25) is 5.04 Å². The van der Waals surface area contributed by atoms with Gasteiger partial charge in [-0.1, -0.05) is 93.3 Å². The van der Waals surface area contributed by atoms with Crippen molar-refractivity contribution in [3.63, 3.8) is 0 Å². The predicted octanol–water partition coefficient (Wildman–Crippen LogP) is 4.93. The van der Waals surface area contributed by atoms with Gasteiger partial charge in [0, 0.05) is 33.3 Å². The Morgan fingerprint density at radius 1 is 1.09 bits per heavy atom. The lowest BCUT2D eigenvalue weighted by Crippen LogP contribution is -2.67. The van der Waals surface area contributed by atoms with Gasteiger partial charge in [-0.2, -0.15) is 13.2 Å². The summed E-state index contributed by atoms with van der Waals surface area (Å²) in [5, 5.41) is 4.25. The van der Waals surface area contributed by atoms with E-state index in [-0.39, 0.29) is 18.4 Å². The second-order valence-electron chi connectivity index (χ2n) is 13.7. The summed E-state index contributed by atoms with van der Waals surface area (Å²) in [7, 11) is 0.690. The molecular formula is C38H45F3N6O5Si. The number of aromatic nitrogens is 3. The minimum Gasteiger partial charge on any atom is -0.405 e. The van der Waals surface area contributed by atoms with Gasteiger partial charge in [-0.3, -0.25) is 4.79 Å². The zero-order chi connectivity index (χ0) is 38.2. The summed E-state index contributed by atoms with van der Waals surface area (Å²) in [6.45, 7) is 8.74. The molecule has 1 unspecified atom stereocenters. The summed E-state index contributed by atoms with van der Waals surface area (Å²) in [5.74, 6) is 3.73. The number of carbonyl (C=O) groups is 1. The second kappa shape index (κ2) is 17.0. The Kier molecular flexibility index (Phi) is 12.7. The van der Waals surface area contributed by atoms with Crippen LogP contribution in [-0.2, 0) is 23.4 Å². The van der Waals surface area contributed by atoms with Crippen LogP contribution in [0, 0.1) is 11.8 Å². The van der Waals surface area contributed by atoms with Crippen molar-refractivity contribution in [2.24, 2.45) is 4.99 Å². The maximum atomic E-state index is 12.8. The number of alkyl halides is 3. The van der Waals surface area contributed by atoms with Crippen LogP contribution in [0.5, 0.6) is 0 Å². The molecule has 53 heavy (non-hydrogen) atoms. The molecule has 1 aliphatic heterocycles. The minimum absolute atomic E-state index is 0.0608. The average Bonchev–Trinajstić information content (AvgIpc) is 3.70. The van der Waals surface area contributed by atoms with Gasteiger partial charge in [0.05, 0.1) is 36.5 Å². The van der Waals surface area contributed by atoms with Gasteiger partial charge in [-0.25, -0.2) is 15.0 Å². The van der Waals surface area contributed by atoms with Crippen molar-refractivity contribution in [1.82, 2.24) is 24.8 Å². The van der Waals surface area contributed by atoms with Gasteiger partial charge < -0.3 is 33.4 Å². The monoisotopic (exact) mass is 750 g/mol. The molecule has 0 bridgehead atoms. The summed E-state index contributed by atoms with van der Waals surface area (Å²) >= 11 is 0. The van der Waals surface area contributed by atoms with Gasteiger partial charge in [0.1, 0.15) is 31.1 Å². The fourth-order valence-corrected chi connectivity index (χ4v) is 11.0. The van der Waals surface area contributed by atoms with Crippen molar-refractivity contribution in [3.8, 4) is 11.8 Å². The van der Waals surface area contributed by atoms with Crippen LogP contribution in [0.4, 0.5) is 19.0 Å². The summed E-state index contributed by atoms with van der Waals surface area (Å²) in [5.41, 5.74) is 0.854. The number of hydrogen-bond acceptors (Lipinski definition) is 8. The third-order valence-electron chi connectivity index (χ3n) is 8.76. The number of carbonyl (C=O) groups excluding carboxylic acids is 1. The lowest BCUT2D eigenvalue weighted by molar-refractivity contribution is -0.173. The maximum absolute atomic E-state index is 12.8. The Balaban J connectivity index is 1.52. The van der Waals surface area contributed by atoms with Crippen molar-refractivity contribution in [2.75, 3.05) is 40.6 Å². The Morgan fingerprint density at radius 3 is 2.34 bits per heavy atom. The largest absolute Gasteiger partial charge is 0.471 e. The quantitative estimate of drug-likeness (QED) is 0.0512. The van der Waals surface area contributed by atoms with Crippen LogP contribution in [0.1, 0.15) is 45.9 Å². The van der Waals surface area contributed by atoms with Gasteiger partial charge in [-0.15, -0.1) is 0 Å². The molecule has 0 aliphatic carbocycles. The Hall–Kier alpha value is -4.59. The normalized spacial score (nSPS) is 17.9. The van der Waals surface area contributed by atoms with E-state index in [0.29, 0.717) is 35.4 Å². The van der Waals surface area contributed by atoms with Gasteiger partial charge in [0.25, 0.3) is 8.32 Å². The highest BCUT2D eigenvalue weighted by Crippen LogP contribution is 2.40. The van der Waals surface area contributed by atoms with Gasteiger partial charge in [0.2, 0.25) is 0 Å². The fourth-order valence-electron chi connectivity index (χ4n) is 6.40. The number of amides is 1. The number of benzene rings is 2. The third-order valence-corrected chi connectivity index (χ3v) is 13.8. The maximum Gasteiger partial charge on any atom is 0.471 e. The van der Waals surface area contributed by atoms with Crippen molar-refractivity contribution >= 4 is 47.8 Å². The molecule has 11 nitrogen and oxygen atoms in total. The van der Waals surface area contributed by atoms with Gasteiger partial charge in [0.15, 0.2) is 5.82 Å². The molecule has 2 aromatic carbocycles. The van der Waals surface area contributed by atoms with E-state index in [0.717, 1.165) is 10.4 Å². The molecule has 1 saturated heterocycles. The van der Waals surface area contributed by atoms with Crippen molar-refractivity contribution in [1.29, 1.82) is 0 Å². The molecule has 1 aliphatic rings. The lowest BCUT2D eigenvalue weighted by atomic mass is 10.2. The summed E-state index contributed by atoms with van der Waals surface area (Å²) in [6.07, 6.45) is -1.49. The Bertz CT molecular complexity index is 1880. The highest BCUT2D eigenvalue weighted by atomic mass is 28.4. The molecule has 2 aromatic heterocycles. The molecule has 0 radical (unpaired) electrons. The van der Waals surface area contributed by atoms with E-state index in [1.165, 1.54) is 6.33 Å². The predicted molar refractivity (Wildman–Crippen MR) is 199 cm³/mol. The highest BCUT2D eigenvalue weighted by molar-refractivity contribution is 6.99. The first-order valence-electron chi connectivity index (χ1n) is 17.3. The number of halogens is 3. The Labute approximate surface area is 308 Å². The van der Waals surface area contributed by atoms with E-state index in [4.69, 9.17) is 18.6 Å². The smallest absolute Gasteiger partial charge is 0.405 e. The van der Waals surface area contributed by atoms with E-state index < -0.39 is 45.4 Å². The van der Waals surface area contributed by atoms with Gasteiger partial charge >= 0.3 is 12.1 Å². The van der Waals surface area contributed by atoms with Crippen LogP contribution in [0.15, 0.2) is 78.2 Å². The molecule has 1 N–H and O–H groups in total. The first-order chi connectivity index (χ1) is 25.3. The number of rotatable bonds is 13. The molecule has 15 heteroatoms. The topological polar surface area (TPSA) is 112 Å². The first kappa shape index (κ1) is 39.6. The summed E-state index contributed by atoms with van der Waals surface area (Å²) in [6, 6.07) is 20.7. The number of ether oxygens (including phenoxy) is 3. The molecule has 4 aromatic rings. The standard InChI is InChI=1S/C38H45F3N6O5Si/c1-7-49-26-50-30-21-32(52-31(30)23-51-53(37(2,3)4,28-16-10-8-11-17-28)29-18-12-9-13-19-29)47-22-27(15-14-20-42-36(48)38(39,40)41)33-34(45-25-46(5)6)43-24-44-35(33)47/h8-13,16-19,22,24-25,30-32H,7,20-21,23,26H2,1-6H3,(H,42,48)/t30?,31-,32-/m1/s1. The number of aliphatic imine (C=N–C) groups is 1.